The van der Waals surface area contributed by atoms with Crippen molar-refractivity contribution in [1.29, 1.82) is 0 Å². The molecule has 0 saturated heterocycles. The van der Waals surface area contributed by atoms with Gasteiger partial charge < -0.3 is 28.8 Å². The van der Waals surface area contributed by atoms with Gasteiger partial charge >= 0.3 is 5.97 Å². The third kappa shape index (κ3) is 4.71. The molecular weight excluding hydrogens is 436 g/mol. The van der Waals surface area contributed by atoms with Crippen LogP contribution in [0.3, 0.4) is 0 Å². The van der Waals surface area contributed by atoms with Gasteiger partial charge in [0.1, 0.15) is 11.4 Å². The fourth-order valence-corrected chi connectivity index (χ4v) is 3.99. The molecule has 34 heavy (non-hydrogen) atoms. The molecule has 1 aliphatic heterocycles. The second-order valence-electron chi connectivity index (χ2n) is 8.03. The van der Waals surface area contributed by atoms with Gasteiger partial charge in [0, 0.05) is 24.3 Å². The van der Waals surface area contributed by atoms with Gasteiger partial charge in [0.2, 0.25) is 6.79 Å². The number of carbonyl (C=O) groups is 2. The van der Waals surface area contributed by atoms with E-state index in [2.05, 4.69) is 4.98 Å². The van der Waals surface area contributed by atoms with Crippen LogP contribution in [0.1, 0.15) is 50.2 Å². The van der Waals surface area contributed by atoms with E-state index in [-0.39, 0.29) is 19.3 Å². The van der Waals surface area contributed by atoms with Crippen molar-refractivity contribution in [1.82, 2.24) is 9.88 Å². The molecule has 0 bridgehead atoms. The lowest BCUT2D eigenvalue weighted by atomic mass is 10.1. The van der Waals surface area contributed by atoms with E-state index in [1.807, 2.05) is 38.1 Å². The number of methoxy groups -OCH3 is 1. The summed E-state index contributed by atoms with van der Waals surface area (Å²) in [6, 6.07) is 12.8. The van der Waals surface area contributed by atoms with Gasteiger partial charge in [0.15, 0.2) is 11.5 Å². The first kappa shape index (κ1) is 23.2. The van der Waals surface area contributed by atoms with Gasteiger partial charge in [-0.05, 0) is 67.8 Å². The molecule has 1 N–H and O–H groups in total. The van der Waals surface area contributed by atoms with E-state index in [1.54, 1.807) is 37.1 Å². The highest BCUT2D eigenvalue weighted by atomic mass is 16.7. The standard InChI is InChI=1S/C26H28N2O6/c1-5-32-26(30)24-16(2)21(17(3)27-24)14-28(13-18-6-9-20(31-4)10-7-18)25(29)19-8-11-22-23(12-19)34-15-33-22/h6-12,27H,5,13-15H2,1-4H3. The van der Waals surface area contributed by atoms with E-state index < -0.39 is 5.97 Å². The zero-order valence-electron chi connectivity index (χ0n) is 19.8. The van der Waals surface area contributed by atoms with Crippen LogP contribution in [0.5, 0.6) is 17.2 Å². The van der Waals surface area contributed by atoms with Crippen LogP contribution in [0.15, 0.2) is 42.5 Å². The molecule has 1 amide bonds. The molecule has 178 valence electrons. The summed E-state index contributed by atoms with van der Waals surface area (Å²) in [6.07, 6.45) is 0. The Kier molecular flexibility index (Phi) is 6.77. The highest BCUT2D eigenvalue weighted by Gasteiger charge is 2.25. The van der Waals surface area contributed by atoms with Gasteiger partial charge in [0.05, 0.1) is 13.7 Å². The molecule has 4 rings (SSSR count). The highest BCUT2D eigenvalue weighted by Crippen LogP contribution is 2.33. The lowest BCUT2D eigenvalue weighted by Crippen LogP contribution is -2.30. The van der Waals surface area contributed by atoms with E-state index in [0.29, 0.717) is 35.8 Å². The van der Waals surface area contributed by atoms with Crippen molar-refractivity contribution in [2.24, 2.45) is 0 Å². The Bertz CT molecular complexity index is 1200. The number of aromatic nitrogens is 1. The van der Waals surface area contributed by atoms with Gasteiger partial charge in [-0.15, -0.1) is 0 Å². The number of esters is 1. The van der Waals surface area contributed by atoms with Crippen molar-refractivity contribution in [3.05, 3.63) is 76.1 Å². The van der Waals surface area contributed by atoms with E-state index >= 15 is 0 Å². The number of ether oxygens (including phenoxy) is 4. The van der Waals surface area contributed by atoms with Crippen LogP contribution >= 0.6 is 0 Å². The van der Waals surface area contributed by atoms with Crippen LogP contribution in [-0.4, -0.2) is 42.3 Å². The molecule has 2 aromatic carbocycles. The van der Waals surface area contributed by atoms with Crippen LogP contribution in [0.2, 0.25) is 0 Å². The maximum Gasteiger partial charge on any atom is 0.355 e. The van der Waals surface area contributed by atoms with Gasteiger partial charge in [-0.25, -0.2) is 4.79 Å². The number of aromatic amines is 1. The molecule has 0 spiro atoms. The number of carbonyl (C=O) groups excluding carboxylic acids is 2. The van der Waals surface area contributed by atoms with E-state index in [0.717, 1.165) is 28.1 Å². The molecule has 1 aromatic heterocycles. The quantitative estimate of drug-likeness (QED) is 0.498. The van der Waals surface area contributed by atoms with Crippen LogP contribution in [0.25, 0.3) is 0 Å². The number of nitrogens with one attached hydrogen (secondary N) is 1. The average molecular weight is 465 g/mol. The normalized spacial score (nSPS) is 11.9. The summed E-state index contributed by atoms with van der Waals surface area (Å²) in [5.41, 5.74) is 4.33. The first-order valence-electron chi connectivity index (χ1n) is 11.1. The Morgan fingerprint density at radius 1 is 1.03 bits per heavy atom. The highest BCUT2D eigenvalue weighted by molar-refractivity contribution is 5.95. The molecule has 8 nitrogen and oxygen atoms in total. The predicted octanol–water partition coefficient (Wildman–Crippen LogP) is 4.39. The number of nitrogens with zero attached hydrogens (tertiary/aromatic N) is 1. The molecule has 2 heterocycles. The Hall–Kier alpha value is -3.94. The van der Waals surface area contributed by atoms with E-state index in [1.165, 1.54) is 0 Å². The number of fused-ring (bicyclic) bond motifs is 1. The topological polar surface area (TPSA) is 90.1 Å². The summed E-state index contributed by atoms with van der Waals surface area (Å²) in [7, 11) is 1.61. The van der Waals surface area contributed by atoms with Gasteiger partial charge in [-0.1, -0.05) is 12.1 Å². The number of hydrogen-bond donors (Lipinski definition) is 1. The Morgan fingerprint density at radius 2 is 1.76 bits per heavy atom. The monoisotopic (exact) mass is 464 g/mol. The fourth-order valence-electron chi connectivity index (χ4n) is 3.99. The van der Waals surface area contributed by atoms with E-state index in [4.69, 9.17) is 18.9 Å². The molecule has 0 radical (unpaired) electrons. The molecule has 0 atom stereocenters. The van der Waals surface area contributed by atoms with E-state index in [9.17, 15) is 9.59 Å². The minimum Gasteiger partial charge on any atom is -0.497 e. The second kappa shape index (κ2) is 9.91. The maximum absolute atomic E-state index is 13.6. The molecule has 0 aliphatic carbocycles. The summed E-state index contributed by atoms with van der Waals surface area (Å²) in [4.78, 5) is 30.9. The average Bonchev–Trinajstić information content (AvgIpc) is 3.43. The van der Waals surface area contributed by atoms with Crippen LogP contribution in [0.4, 0.5) is 0 Å². The predicted molar refractivity (Wildman–Crippen MR) is 125 cm³/mol. The van der Waals surface area contributed by atoms with Crippen LogP contribution in [-0.2, 0) is 17.8 Å². The third-order valence-electron chi connectivity index (χ3n) is 5.86. The molecule has 0 unspecified atom stereocenters. The summed E-state index contributed by atoms with van der Waals surface area (Å²) in [6.45, 7) is 6.63. The van der Waals surface area contributed by atoms with Crippen molar-refractivity contribution < 1.29 is 28.5 Å². The van der Waals surface area contributed by atoms with Crippen molar-refractivity contribution in [3.63, 3.8) is 0 Å². The Morgan fingerprint density at radius 3 is 2.47 bits per heavy atom. The van der Waals surface area contributed by atoms with Gasteiger partial charge in [-0.2, -0.15) is 0 Å². The lowest BCUT2D eigenvalue weighted by molar-refractivity contribution is 0.0519. The second-order valence-corrected chi connectivity index (χ2v) is 8.03. The Balaban J connectivity index is 1.66. The summed E-state index contributed by atoms with van der Waals surface area (Å²) in [5, 5.41) is 0. The molecular formula is C26H28N2O6. The number of rotatable bonds is 8. The van der Waals surface area contributed by atoms with Crippen molar-refractivity contribution in [2.75, 3.05) is 20.5 Å². The minimum absolute atomic E-state index is 0.140. The zero-order chi connectivity index (χ0) is 24.2. The molecule has 1 aliphatic rings. The largest absolute Gasteiger partial charge is 0.497 e. The number of benzene rings is 2. The third-order valence-corrected chi connectivity index (χ3v) is 5.86. The van der Waals surface area contributed by atoms with Crippen LogP contribution in [0, 0.1) is 13.8 Å². The molecule has 0 saturated carbocycles. The van der Waals surface area contributed by atoms with Crippen molar-refractivity contribution in [3.8, 4) is 17.2 Å². The molecule has 0 fully saturated rings. The minimum atomic E-state index is -0.404. The number of hydrogen-bond acceptors (Lipinski definition) is 6. The summed E-state index contributed by atoms with van der Waals surface area (Å²) < 4.78 is 21.3. The molecule has 3 aromatic rings. The van der Waals surface area contributed by atoms with Gasteiger partial charge in [-0.3, -0.25) is 4.79 Å². The first-order chi connectivity index (χ1) is 16.4. The summed E-state index contributed by atoms with van der Waals surface area (Å²) in [5.74, 6) is 1.35. The lowest BCUT2D eigenvalue weighted by Gasteiger charge is -2.24. The summed E-state index contributed by atoms with van der Waals surface area (Å²) >= 11 is 0. The van der Waals surface area contributed by atoms with Crippen molar-refractivity contribution >= 4 is 11.9 Å². The van der Waals surface area contributed by atoms with Gasteiger partial charge in [0.25, 0.3) is 5.91 Å². The fraction of sp³-hybridized carbons (Fsp3) is 0.308. The van der Waals surface area contributed by atoms with Crippen molar-refractivity contribution in [2.45, 2.75) is 33.9 Å². The SMILES string of the molecule is CCOC(=O)c1[nH]c(C)c(CN(Cc2ccc(OC)cc2)C(=O)c2ccc3c(c2)OCO3)c1C. The first-order valence-corrected chi connectivity index (χ1v) is 11.1. The Labute approximate surface area is 198 Å². The zero-order valence-corrected chi connectivity index (χ0v) is 19.8. The number of H-pyrrole nitrogens is 1. The smallest absolute Gasteiger partial charge is 0.355 e. The number of aryl methyl sites for hydroxylation is 1. The van der Waals surface area contributed by atoms with Crippen LogP contribution < -0.4 is 14.2 Å². The number of amides is 1. The molecule has 8 heteroatoms. The maximum atomic E-state index is 13.6.